The minimum atomic E-state index is 0.320. The largest absolute Gasteiger partial charge is 0.486 e. The molecule has 0 bridgehead atoms. The van der Waals surface area contributed by atoms with E-state index in [1.165, 1.54) is 30.6 Å². The van der Waals surface area contributed by atoms with Crippen molar-refractivity contribution >= 4 is 11.8 Å². The second kappa shape index (κ2) is 6.06. The molecule has 2 N–H and O–H groups in total. The van der Waals surface area contributed by atoms with Crippen molar-refractivity contribution in [2.45, 2.75) is 36.6 Å². The molecule has 104 valence electrons. The third kappa shape index (κ3) is 3.18. The van der Waals surface area contributed by atoms with Crippen molar-refractivity contribution in [1.82, 2.24) is 0 Å². The van der Waals surface area contributed by atoms with Gasteiger partial charge in [0.1, 0.15) is 13.2 Å². The Balaban J connectivity index is 1.57. The van der Waals surface area contributed by atoms with Gasteiger partial charge in [0.2, 0.25) is 0 Å². The second-order valence-corrected chi connectivity index (χ2v) is 6.42. The van der Waals surface area contributed by atoms with Crippen molar-refractivity contribution < 1.29 is 9.47 Å². The van der Waals surface area contributed by atoms with E-state index in [9.17, 15) is 0 Å². The highest BCUT2D eigenvalue weighted by Gasteiger charge is 2.22. The molecule has 3 rings (SSSR count). The smallest absolute Gasteiger partial charge is 0.162 e. The van der Waals surface area contributed by atoms with E-state index in [-0.39, 0.29) is 0 Å². The minimum Gasteiger partial charge on any atom is -0.486 e. The lowest BCUT2D eigenvalue weighted by Gasteiger charge is -2.20. The average molecular weight is 279 g/mol. The molecule has 3 nitrogen and oxygen atoms in total. The highest BCUT2D eigenvalue weighted by atomic mass is 32.2. The highest BCUT2D eigenvalue weighted by molar-refractivity contribution is 7.99. The normalized spacial score (nSPS) is 20.5. The molecule has 1 atom stereocenters. The van der Waals surface area contributed by atoms with Crippen LogP contribution in [0.2, 0.25) is 0 Å². The molecule has 0 spiro atoms. The predicted molar refractivity (Wildman–Crippen MR) is 78.1 cm³/mol. The van der Waals surface area contributed by atoms with Gasteiger partial charge in [-0.3, -0.25) is 0 Å². The zero-order valence-corrected chi connectivity index (χ0v) is 12.0. The molecule has 1 fully saturated rings. The summed E-state index contributed by atoms with van der Waals surface area (Å²) in [7, 11) is 0. The number of nitrogens with two attached hydrogens (primary N) is 1. The molecule has 0 aromatic heterocycles. The minimum absolute atomic E-state index is 0.320. The molecule has 1 aliphatic carbocycles. The molecule has 1 saturated carbocycles. The molecule has 0 saturated heterocycles. The molecule has 2 aliphatic rings. The summed E-state index contributed by atoms with van der Waals surface area (Å²) in [5, 5.41) is 0. The summed E-state index contributed by atoms with van der Waals surface area (Å²) in [6.07, 6.45) is 5.33. The van der Waals surface area contributed by atoms with Crippen molar-refractivity contribution in [1.29, 1.82) is 0 Å². The summed E-state index contributed by atoms with van der Waals surface area (Å²) in [4.78, 5) is 1.22. The Labute approximate surface area is 118 Å². The quantitative estimate of drug-likeness (QED) is 0.860. The third-order valence-corrected chi connectivity index (χ3v) is 5.10. The lowest BCUT2D eigenvalue weighted by molar-refractivity contribution is 0.171. The van der Waals surface area contributed by atoms with Crippen LogP contribution in [-0.2, 0) is 0 Å². The van der Waals surface area contributed by atoms with Gasteiger partial charge in [-0.05, 0) is 37.0 Å². The molecule has 1 aliphatic heterocycles. The molecular formula is C15H21NO2S. The molecule has 1 aromatic carbocycles. The average Bonchev–Trinajstić information content (AvgIpc) is 2.99. The number of benzene rings is 1. The predicted octanol–water partition coefficient (Wildman–Crippen LogP) is 3.07. The number of rotatable bonds is 4. The van der Waals surface area contributed by atoms with E-state index < -0.39 is 0 Å². The Morgan fingerprint density at radius 1 is 1.16 bits per heavy atom. The first kappa shape index (κ1) is 13.1. The van der Waals surface area contributed by atoms with Gasteiger partial charge in [0, 0.05) is 16.7 Å². The van der Waals surface area contributed by atoms with Crippen LogP contribution >= 0.6 is 11.8 Å². The SMILES string of the molecule is NC(CSc1ccc2c(c1)OCCO2)C1CCCC1. The number of thioether (sulfide) groups is 1. The van der Waals surface area contributed by atoms with Crippen LogP contribution in [0.3, 0.4) is 0 Å². The van der Waals surface area contributed by atoms with E-state index in [2.05, 4.69) is 12.1 Å². The van der Waals surface area contributed by atoms with Crippen molar-refractivity contribution in [2.75, 3.05) is 19.0 Å². The van der Waals surface area contributed by atoms with Crippen LogP contribution in [0.15, 0.2) is 23.1 Å². The van der Waals surface area contributed by atoms with E-state index in [4.69, 9.17) is 15.2 Å². The number of fused-ring (bicyclic) bond motifs is 1. The molecule has 0 amide bonds. The molecule has 4 heteroatoms. The summed E-state index contributed by atoms with van der Waals surface area (Å²) in [6, 6.07) is 6.48. The van der Waals surface area contributed by atoms with Crippen LogP contribution < -0.4 is 15.2 Å². The maximum absolute atomic E-state index is 6.29. The number of hydrogen-bond acceptors (Lipinski definition) is 4. The first-order valence-corrected chi connectivity index (χ1v) is 8.09. The monoisotopic (exact) mass is 279 g/mol. The van der Waals surface area contributed by atoms with Gasteiger partial charge in [0.25, 0.3) is 0 Å². The maximum atomic E-state index is 6.29. The summed E-state index contributed by atoms with van der Waals surface area (Å²) >= 11 is 1.83. The van der Waals surface area contributed by atoms with Gasteiger partial charge in [-0.25, -0.2) is 0 Å². The molecular weight excluding hydrogens is 258 g/mol. The van der Waals surface area contributed by atoms with Gasteiger partial charge in [0.15, 0.2) is 11.5 Å². The van der Waals surface area contributed by atoms with Crippen LogP contribution in [0.4, 0.5) is 0 Å². The molecule has 1 aromatic rings. The Hall–Kier alpha value is -0.870. The van der Waals surface area contributed by atoms with E-state index in [1.54, 1.807) is 0 Å². The fourth-order valence-electron chi connectivity index (χ4n) is 2.83. The first-order chi connectivity index (χ1) is 9.33. The Morgan fingerprint density at radius 3 is 2.68 bits per heavy atom. The van der Waals surface area contributed by atoms with Crippen LogP contribution in [-0.4, -0.2) is 25.0 Å². The van der Waals surface area contributed by atoms with Gasteiger partial charge in [-0.1, -0.05) is 12.8 Å². The van der Waals surface area contributed by atoms with E-state index >= 15 is 0 Å². The number of ether oxygens (including phenoxy) is 2. The van der Waals surface area contributed by atoms with Crippen molar-refractivity contribution in [3.8, 4) is 11.5 Å². The second-order valence-electron chi connectivity index (χ2n) is 5.32. The summed E-state index contributed by atoms with van der Waals surface area (Å²) in [5.41, 5.74) is 6.29. The van der Waals surface area contributed by atoms with E-state index in [0.29, 0.717) is 19.3 Å². The Kier molecular flexibility index (Phi) is 4.18. The summed E-state index contributed by atoms with van der Waals surface area (Å²) in [6.45, 7) is 1.29. The lowest BCUT2D eigenvalue weighted by atomic mass is 10.0. The van der Waals surface area contributed by atoms with E-state index in [1.807, 2.05) is 17.8 Å². The van der Waals surface area contributed by atoms with Gasteiger partial charge < -0.3 is 15.2 Å². The summed E-state index contributed by atoms with van der Waals surface area (Å²) in [5.74, 6) is 3.44. The molecule has 19 heavy (non-hydrogen) atoms. The van der Waals surface area contributed by atoms with Gasteiger partial charge >= 0.3 is 0 Å². The van der Waals surface area contributed by atoms with Crippen LogP contribution in [0.1, 0.15) is 25.7 Å². The van der Waals surface area contributed by atoms with Gasteiger partial charge in [0.05, 0.1) is 0 Å². The summed E-state index contributed by atoms with van der Waals surface area (Å²) < 4.78 is 11.1. The fraction of sp³-hybridized carbons (Fsp3) is 0.600. The first-order valence-electron chi connectivity index (χ1n) is 7.11. The Bertz CT molecular complexity index is 432. The Morgan fingerprint density at radius 2 is 1.89 bits per heavy atom. The zero-order valence-electron chi connectivity index (χ0n) is 11.1. The van der Waals surface area contributed by atoms with E-state index in [0.717, 1.165) is 23.2 Å². The molecule has 1 heterocycles. The molecule has 0 radical (unpaired) electrons. The highest BCUT2D eigenvalue weighted by Crippen LogP contribution is 2.35. The lowest BCUT2D eigenvalue weighted by Crippen LogP contribution is -2.30. The van der Waals surface area contributed by atoms with Crippen LogP contribution in [0.5, 0.6) is 11.5 Å². The van der Waals surface area contributed by atoms with Gasteiger partial charge in [-0.2, -0.15) is 0 Å². The maximum Gasteiger partial charge on any atom is 0.162 e. The van der Waals surface area contributed by atoms with Crippen LogP contribution in [0.25, 0.3) is 0 Å². The van der Waals surface area contributed by atoms with Crippen molar-refractivity contribution in [3.63, 3.8) is 0 Å². The van der Waals surface area contributed by atoms with Gasteiger partial charge in [-0.15, -0.1) is 11.8 Å². The standard InChI is InChI=1S/C15H21NO2S/c16-13(11-3-1-2-4-11)10-19-12-5-6-14-15(9-12)18-8-7-17-14/h5-6,9,11,13H,1-4,7-8,10,16H2. The van der Waals surface area contributed by atoms with Crippen molar-refractivity contribution in [3.05, 3.63) is 18.2 Å². The zero-order chi connectivity index (χ0) is 13.1. The van der Waals surface area contributed by atoms with Crippen molar-refractivity contribution in [2.24, 2.45) is 11.7 Å². The number of hydrogen-bond donors (Lipinski definition) is 1. The topological polar surface area (TPSA) is 44.5 Å². The fourth-order valence-corrected chi connectivity index (χ4v) is 3.84. The van der Waals surface area contributed by atoms with Crippen LogP contribution in [0, 0.1) is 5.92 Å². The molecule has 1 unspecified atom stereocenters. The third-order valence-electron chi connectivity index (χ3n) is 3.96.